The molecular weight excluding hydrogens is 350 g/mol. The van der Waals surface area contributed by atoms with E-state index in [0.717, 1.165) is 12.1 Å². The first kappa shape index (κ1) is 17.1. The second-order valence-corrected chi connectivity index (χ2v) is 7.20. The molecule has 0 radical (unpaired) electrons. The van der Waals surface area contributed by atoms with E-state index in [-0.39, 0.29) is 0 Å². The predicted molar refractivity (Wildman–Crippen MR) is 99.5 cm³/mol. The van der Waals surface area contributed by atoms with Gasteiger partial charge in [-0.05, 0) is 49.0 Å². The van der Waals surface area contributed by atoms with Crippen LogP contribution in [0.5, 0.6) is 11.5 Å². The van der Waals surface area contributed by atoms with Gasteiger partial charge in [-0.3, -0.25) is 4.90 Å². The summed E-state index contributed by atoms with van der Waals surface area (Å²) in [7, 11) is 3.23. The van der Waals surface area contributed by atoms with E-state index in [9.17, 15) is 0 Å². The van der Waals surface area contributed by atoms with Gasteiger partial charge >= 0.3 is 0 Å². The molecule has 4 rings (SSSR count). The molecule has 7 heteroatoms. The molecule has 0 aliphatic carbocycles. The van der Waals surface area contributed by atoms with Gasteiger partial charge in [0.2, 0.25) is 11.7 Å². The minimum Gasteiger partial charge on any atom is -0.493 e. The lowest BCUT2D eigenvalue weighted by atomic mass is 10.2. The number of nitrogens with zero attached hydrogens (tertiary/aromatic N) is 3. The number of ether oxygens (including phenoxy) is 2. The lowest BCUT2D eigenvalue weighted by molar-refractivity contribution is 0.214. The molecule has 6 nitrogen and oxygen atoms in total. The highest BCUT2D eigenvalue weighted by molar-refractivity contribution is 7.10. The van der Waals surface area contributed by atoms with Crippen LogP contribution in [0.15, 0.2) is 40.2 Å². The van der Waals surface area contributed by atoms with Gasteiger partial charge in [0.25, 0.3) is 0 Å². The van der Waals surface area contributed by atoms with Crippen LogP contribution in [0.3, 0.4) is 0 Å². The molecule has 0 unspecified atom stereocenters. The topological polar surface area (TPSA) is 60.6 Å². The third kappa shape index (κ3) is 3.32. The minimum absolute atomic E-state index is 0.450. The van der Waals surface area contributed by atoms with Crippen LogP contribution in [-0.2, 0) is 6.54 Å². The standard InChI is InChI=1S/C19H21N3O3S/c1-23-15-8-7-13(11-16(15)24-2)19-20-18(25-21-19)12-22-9-3-5-14(22)17-6-4-10-26-17/h4,6-8,10-11,14H,3,5,9,12H2,1-2H3/t14-/m1/s1. The molecule has 1 aliphatic rings. The lowest BCUT2D eigenvalue weighted by Gasteiger charge is -2.21. The van der Waals surface area contributed by atoms with E-state index in [1.165, 1.54) is 17.7 Å². The zero-order chi connectivity index (χ0) is 17.9. The van der Waals surface area contributed by atoms with Crippen molar-refractivity contribution >= 4 is 11.3 Å². The van der Waals surface area contributed by atoms with Crippen LogP contribution >= 0.6 is 11.3 Å². The highest BCUT2D eigenvalue weighted by atomic mass is 32.1. The minimum atomic E-state index is 0.450. The number of thiophene rings is 1. The fraction of sp³-hybridized carbons (Fsp3) is 0.368. The first-order chi connectivity index (χ1) is 12.8. The molecule has 3 aromatic rings. The lowest BCUT2D eigenvalue weighted by Crippen LogP contribution is -2.22. The first-order valence-corrected chi connectivity index (χ1v) is 9.49. The molecular formula is C19H21N3O3S. The average molecular weight is 371 g/mol. The van der Waals surface area contributed by atoms with Crippen molar-refractivity contribution < 1.29 is 14.0 Å². The predicted octanol–water partition coefficient (Wildman–Crippen LogP) is 4.15. The van der Waals surface area contributed by atoms with Crippen molar-refractivity contribution in [1.29, 1.82) is 0 Å². The van der Waals surface area contributed by atoms with Gasteiger partial charge in [-0.25, -0.2) is 0 Å². The molecule has 2 aromatic heterocycles. The first-order valence-electron chi connectivity index (χ1n) is 8.61. The molecule has 1 aliphatic heterocycles. The van der Waals surface area contributed by atoms with Gasteiger partial charge in [0.15, 0.2) is 11.5 Å². The van der Waals surface area contributed by atoms with Crippen LogP contribution in [-0.4, -0.2) is 35.8 Å². The molecule has 3 heterocycles. The summed E-state index contributed by atoms with van der Waals surface area (Å²) in [5.41, 5.74) is 0.842. The van der Waals surface area contributed by atoms with Gasteiger partial charge in [0, 0.05) is 16.5 Å². The van der Waals surface area contributed by atoms with Crippen LogP contribution in [0.2, 0.25) is 0 Å². The summed E-state index contributed by atoms with van der Waals surface area (Å²) < 4.78 is 16.1. The van der Waals surface area contributed by atoms with Crippen LogP contribution in [0, 0.1) is 0 Å². The van der Waals surface area contributed by atoms with Crippen LogP contribution in [0.4, 0.5) is 0 Å². The Labute approximate surface area is 156 Å². The Kier molecular flexibility index (Phi) is 4.90. The fourth-order valence-corrected chi connectivity index (χ4v) is 4.30. The Morgan fingerprint density at radius 2 is 2.12 bits per heavy atom. The molecule has 1 saturated heterocycles. The smallest absolute Gasteiger partial charge is 0.241 e. The number of rotatable bonds is 6. The number of hydrogen-bond donors (Lipinski definition) is 0. The summed E-state index contributed by atoms with van der Waals surface area (Å²) in [5, 5.41) is 6.27. The molecule has 1 atom stereocenters. The fourth-order valence-electron chi connectivity index (χ4n) is 3.40. The van der Waals surface area contributed by atoms with E-state index in [2.05, 4.69) is 32.6 Å². The van der Waals surface area contributed by atoms with E-state index in [1.54, 1.807) is 14.2 Å². The van der Waals surface area contributed by atoms with E-state index >= 15 is 0 Å². The highest BCUT2D eigenvalue weighted by Gasteiger charge is 2.28. The third-order valence-corrected chi connectivity index (χ3v) is 5.66. The highest BCUT2D eigenvalue weighted by Crippen LogP contribution is 2.36. The van der Waals surface area contributed by atoms with Gasteiger partial charge in [-0.1, -0.05) is 11.2 Å². The molecule has 1 aromatic carbocycles. The zero-order valence-corrected chi connectivity index (χ0v) is 15.7. The normalized spacial score (nSPS) is 17.5. The van der Waals surface area contributed by atoms with Crippen molar-refractivity contribution in [1.82, 2.24) is 15.0 Å². The third-order valence-electron chi connectivity index (χ3n) is 4.68. The van der Waals surface area contributed by atoms with Crippen molar-refractivity contribution in [2.75, 3.05) is 20.8 Å². The van der Waals surface area contributed by atoms with E-state index in [0.29, 0.717) is 35.8 Å². The Balaban J connectivity index is 1.51. The Bertz CT molecular complexity index is 863. The maximum absolute atomic E-state index is 5.51. The Hall–Kier alpha value is -2.38. The van der Waals surface area contributed by atoms with Crippen molar-refractivity contribution in [2.45, 2.75) is 25.4 Å². The summed E-state index contributed by atoms with van der Waals surface area (Å²) in [5.74, 6) is 2.52. The van der Waals surface area contributed by atoms with Crippen LogP contribution in [0.1, 0.15) is 29.7 Å². The second kappa shape index (κ2) is 7.47. The number of aromatic nitrogens is 2. The number of likely N-dealkylation sites (tertiary alicyclic amines) is 1. The van der Waals surface area contributed by atoms with Crippen molar-refractivity contribution in [3.8, 4) is 22.9 Å². The van der Waals surface area contributed by atoms with Gasteiger partial charge < -0.3 is 14.0 Å². The maximum atomic E-state index is 5.51. The Morgan fingerprint density at radius 1 is 1.23 bits per heavy atom. The maximum Gasteiger partial charge on any atom is 0.241 e. The van der Waals surface area contributed by atoms with Gasteiger partial charge in [0.05, 0.1) is 20.8 Å². The van der Waals surface area contributed by atoms with Crippen molar-refractivity contribution in [3.63, 3.8) is 0 Å². The summed E-state index contributed by atoms with van der Waals surface area (Å²) in [6.07, 6.45) is 2.37. The molecule has 0 amide bonds. The summed E-state index contributed by atoms with van der Waals surface area (Å²) in [6.45, 7) is 1.72. The summed E-state index contributed by atoms with van der Waals surface area (Å²) >= 11 is 1.81. The number of methoxy groups -OCH3 is 2. The molecule has 26 heavy (non-hydrogen) atoms. The quantitative estimate of drug-likeness (QED) is 0.649. The SMILES string of the molecule is COc1ccc(-c2noc(CN3CCC[C@@H]3c3cccs3)n2)cc1OC. The molecule has 0 spiro atoms. The van der Waals surface area contributed by atoms with Gasteiger partial charge in [-0.15, -0.1) is 11.3 Å². The molecule has 0 saturated carbocycles. The Morgan fingerprint density at radius 3 is 2.88 bits per heavy atom. The van der Waals surface area contributed by atoms with E-state index < -0.39 is 0 Å². The largest absolute Gasteiger partial charge is 0.493 e. The van der Waals surface area contributed by atoms with Crippen molar-refractivity contribution in [2.24, 2.45) is 0 Å². The van der Waals surface area contributed by atoms with Gasteiger partial charge in [-0.2, -0.15) is 4.98 Å². The average Bonchev–Trinajstić information content (AvgIpc) is 3.42. The zero-order valence-electron chi connectivity index (χ0n) is 14.8. The van der Waals surface area contributed by atoms with Crippen LogP contribution < -0.4 is 9.47 Å². The van der Waals surface area contributed by atoms with E-state index in [1.807, 2.05) is 29.5 Å². The molecule has 0 N–H and O–H groups in total. The van der Waals surface area contributed by atoms with Crippen LogP contribution in [0.25, 0.3) is 11.4 Å². The number of hydrogen-bond acceptors (Lipinski definition) is 7. The monoisotopic (exact) mass is 371 g/mol. The van der Waals surface area contributed by atoms with E-state index in [4.69, 9.17) is 14.0 Å². The molecule has 1 fully saturated rings. The summed E-state index contributed by atoms with van der Waals surface area (Å²) in [6, 6.07) is 10.4. The molecule has 0 bridgehead atoms. The number of benzene rings is 1. The molecule has 136 valence electrons. The summed E-state index contributed by atoms with van der Waals surface area (Å²) in [4.78, 5) is 8.40. The second-order valence-electron chi connectivity index (χ2n) is 6.23. The van der Waals surface area contributed by atoms with Crippen molar-refractivity contribution in [3.05, 3.63) is 46.5 Å². The van der Waals surface area contributed by atoms with Gasteiger partial charge in [0.1, 0.15) is 0 Å².